The van der Waals surface area contributed by atoms with Crippen molar-refractivity contribution in [3.63, 3.8) is 0 Å². The molecule has 0 aliphatic rings. The van der Waals surface area contributed by atoms with Gasteiger partial charge in [-0.1, -0.05) is 168 Å². The van der Waals surface area contributed by atoms with Crippen LogP contribution in [0.1, 0.15) is 181 Å². The number of unbranched alkanes of at least 4 members (excludes halogenated alkanes) is 24. The highest BCUT2D eigenvalue weighted by Crippen LogP contribution is 2.15. The highest BCUT2D eigenvalue weighted by atomic mass is 16.5. The van der Waals surface area contributed by atoms with Crippen molar-refractivity contribution >= 4 is 0 Å². The molecule has 0 spiro atoms. The van der Waals surface area contributed by atoms with Crippen LogP contribution in [0.15, 0.2) is 0 Å². The summed E-state index contributed by atoms with van der Waals surface area (Å²) in [6, 6.07) is 0. The molecule has 0 N–H and O–H groups in total. The van der Waals surface area contributed by atoms with Gasteiger partial charge in [0.2, 0.25) is 0 Å². The summed E-state index contributed by atoms with van der Waals surface area (Å²) in [7, 11) is 0. The standard InChI is InChI=1S/C30H62O/c1-3-5-7-8-9-10-11-12-13-14-15-16-17-18-19-20-21-22-23-24-25-26-27-28-30-31-29-6-4-2/h3-30H2,1-2H3. The Hall–Kier alpha value is -0.0400. The Bertz CT molecular complexity index is 260. The van der Waals surface area contributed by atoms with Crippen molar-refractivity contribution in [1.29, 1.82) is 0 Å². The van der Waals surface area contributed by atoms with Crippen molar-refractivity contribution in [2.45, 2.75) is 181 Å². The van der Waals surface area contributed by atoms with Gasteiger partial charge in [0.05, 0.1) is 0 Å². The average molecular weight is 439 g/mol. The molecule has 0 aromatic rings. The van der Waals surface area contributed by atoms with Crippen LogP contribution in [0.4, 0.5) is 0 Å². The highest BCUT2D eigenvalue weighted by molar-refractivity contribution is 4.51. The van der Waals surface area contributed by atoms with E-state index in [1.165, 1.54) is 167 Å². The SMILES string of the molecule is CCCCCCCCCCCCCCCCCCCCCCCCCCOCCCC. The molecule has 0 unspecified atom stereocenters. The zero-order valence-electron chi connectivity index (χ0n) is 22.2. The number of ether oxygens (including phenoxy) is 1. The maximum absolute atomic E-state index is 5.62. The van der Waals surface area contributed by atoms with E-state index in [1.54, 1.807) is 0 Å². The summed E-state index contributed by atoms with van der Waals surface area (Å²) in [5.74, 6) is 0. The van der Waals surface area contributed by atoms with E-state index >= 15 is 0 Å². The monoisotopic (exact) mass is 438 g/mol. The fourth-order valence-electron chi connectivity index (χ4n) is 4.51. The van der Waals surface area contributed by atoms with Gasteiger partial charge < -0.3 is 4.74 Å². The smallest absolute Gasteiger partial charge is 0.0466 e. The minimum atomic E-state index is 0.968. The van der Waals surface area contributed by atoms with Gasteiger partial charge in [0.1, 0.15) is 0 Å². The third kappa shape index (κ3) is 30.0. The predicted octanol–water partition coefficient (Wildman–Crippen LogP) is 11.2. The molecule has 31 heavy (non-hydrogen) atoms. The second-order valence-corrected chi connectivity index (χ2v) is 10.1. The molecule has 0 heterocycles. The lowest BCUT2D eigenvalue weighted by Gasteiger charge is -2.05. The third-order valence-corrected chi connectivity index (χ3v) is 6.78. The van der Waals surface area contributed by atoms with E-state index in [0.29, 0.717) is 0 Å². The van der Waals surface area contributed by atoms with E-state index < -0.39 is 0 Å². The lowest BCUT2D eigenvalue weighted by molar-refractivity contribution is 0.127. The molecule has 0 fully saturated rings. The molecular weight excluding hydrogens is 376 g/mol. The van der Waals surface area contributed by atoms with Crippen LogP contribution < -0.4 is 0 Å². The average Bonchev–Trinajstić information content (AvgIpc) is 2.78. The molecule has 0 aliphatic carbocycles. The third-order valence-electron chi connectivity index (χ3n) is 6.78. The fraction of sp³-hybridized carbons (Fsp3) is 1.00. The van der Waals surface area contributed by atoms with Crippen molar-refractivity contribution < 1.29 is 4.74 Å². The van der Waals surface area contributed by atoms with Crippen LogP contribution in [-0.2, 0) is 4.74 Å². The fourth-order valence-corrected chi connectivity index (χ4v) is 4.51. The van der Waals surface area contributed by atoms with Crippen LogP contribution in [0.5, 0.6) is 0 Å². The lowest BCUT2D eigenvalue weighted by Crippen LogP contribution is -1.96. The first-order valence-electron chi connectivity index (χ1n) is 15.0. The molecule has 1 heteroatoms. The van der Waals surface area contributed by atoms with Crippen molar-refractivity contribution in [2.75, 3.05) is 13.2 Å². The largest absolute Gasteiger partial charge is 0.381 e. The molecule has 1 nitrogen and oxygen atoms in total. The van der Waals surface area contributed by atoms with Gasteiger partial charge in [-0.2, -0.15) is 0 Å². The molecule has 0 aliphatic heterocycles. The van der Waals surface area contributed by atoms with Gasteiger partial charge in [0.15, 0.2) is 0 Å². The first kappa shape index (κ1) is 31.0. The molecule has 0 aromatic carbocycles. The molecule has 188 valence electrons. The van der Waals surface area contributed by atoms with Crippen LogP contribution >= 0.6 is 0 Å². The zero-order chi connectivity index (χ0) is 22.5. The van der Waals surface area contributed by atoms with E-state index in [4.69, 9.17) is 4.74 Å². The Morgan fingerprint density at radius 2 is 0.484 bits per heavy atom. The van der Waals surface area contributed by atoms with Crippen LogP contribution in [-0.4, -0.2) is 13.2 Å². The summed E-state index contributed by atoms with van der Waals surface area (Å²) in [4.78, 5) is 0. The van der Waals surface area contributed by atoms with Gasteiger partial charge in [-0.05, 0) is 12.8 Å². The molecule has 0 saturated heterocycles. The van der Waals surface area contributed by atoms with E-state index in [-0.39, 0.29) is 0 Å². The van der Waals surface area contributed by atoms with Crippen LogP contribution in [0, 0.1) is 0 Å². The van der Waals surface area contributed by atoms with Crippen molar-refractivity contribution in [2.24, 2.45) is 0 Å². The second kappa shape index (κ2) is 30.0. The Labute approximate surface area is 198 Å². The predicted molar refractivity (Wildman–Crippen MR) is 142 cm³/mol. The molecule has 0 saturated carbocycles. The molecule has 0 atom stereocenters. The highest BCUT2D eigenvalue weighted by Gasteiger charge is 1.96. The van der Waals surface area contributed by atoms with Crippen molar-refractivity contribution in [1.82, 2.24) is 0 Å². The minimum absolute atomic E-state index is 0.968. The van der Waals surface area contributed by atoms with Crippen LogP contribution in [0.25, 0.3) is 0 Å². The summed E-state index contributed by atoms with van der Waals surface area (Å²) in [6.07, 6.45) is 37.4. The normalized spacial score (nSPS) is 11.4. The van der Waals surface area contributed by atoms with Gasteiger partial charge in [0, 0.05) is 13.2 Å². The Morgan fingerprint density at radius 3 is 0.774 bits per heavy atom. The summed E-state index contributed by atoms with van der Waals surface area (Å²) < 4.78 is 5.62. The Morgan fingerprint density at radius 1 is 0.258 bits per heavy atom. The van der Waals surface area contributed by atoms with E-state index in [9.17, 15) is 0 Å². The van der Waals surface area contributed by atoms with Crippen LogP contribution in [0.2, 0.25) is 0 Å². The van der Waals surface area contributed by atoms with E-state index in [0.717, 1.165) is 13.2 Å². The summed E-state index contributed by atoms with van der Waals surface area (Å²) in [6.45, 7) is 6.48. The molecule has 0 rings (SSSR count). The maximum atomic E-state index is 5.62. The number of hydrogen-bond acceptors (Lipinski definition) is 1. The molecule has 0 aromatic heterocycles. The Kier molecular flexibility index (Phi) is 29.9. The minimum Gasteiger partial charge on any atom is -0.381 e. The first-order chi connectivity index (χ1) is 15.4. The lowest BCUT2D eigenvalue weighted by atomic mass is 10.0. The van der Waals surface area contributed by atoms with Gasteiger partial charge in [-0.15, -0.1) is 0 Å². The maximum Gasteiger partial charge on any atom is 0.0466 e. The topological polar surface area (TPSA) is 9.23 Å². The molecule has 0 bridgehead atoms. The van der Waals surface area contributed by atoms with Crippen molar-refractivity contribution in [3.8, 4) is 0 Å². The van der Waals surface area contributed by atoms with E-state index in [1.807, 2.05) is 0 Å². The molecule has 0 amide bonds. The molecular formula is C30H62O. The van der Waals surface area contributed by atoms with Gasteiger partial charge in [-0.25, -0.2) is 0 Å². The Balaban J connectivity index is 2.98. The quantitative estimate of drug-likeness (QED) is 0.110. The number of hydrogen-bond donors (Lipinski definition) is 0. The van der Waals surface area contributed by atoms with Crippen LogP contribution in [0.3, 0.4) is 0 Å². The van der Waals surface area contributed by atoms with Gasteiger partial charge in [-0.3, -0.25) is 0 Å². The van der Waals surface area contributed by atoms with Crippen molar-refractivity contribution in [3.05, 3.63) is 0 Å². The van der Waals surface area contributed by atoms with Gasteiger partial charge in [0.25, 0.3) is 0 Å². The number of rotatable bonds is 28. The second-order valence-electron chi connectivity index (χ2n) is 10.1. The summed E-state index contributed by atoms with van der Waals surface area (Å²) in [5.41, 5.74) is 0. The summed E-state index contributed by atoms with van der Waals surface area (Å²) >= 11 is 0. The molecule has 0 radical (unpaired) electrons. The summed E-state index contributed by atoms with van der Waals surface area (Å²) in [5, 5.41) is 0. The van der Waals surface area contributed by atoms with Gasteiger partial charge >= 0.3 is 0 Å². The zero-order valence-corrected chi connectivity index (χ0v) is 22.2. The van der Waals surface area contributed by atoms with E-state index in [2.05, 4.69) is 13.8 Å². The first-order valence-corrected chi connectivity index (χ1v) is 15.0.